The number of halogens is 1. The van der Waals surface area contributed by atoms with Crippen molar-refractivity contribution < 1.29 is 4.79 Å². The zero-order valence-corrected chi connectivity index (χ0v) is 9.75. The first-order valence-electron chi connectivity index (χ1n) is 4.72. The maximum atomic E-state index is 11.7. The Hall–Kier alpha value is -1.67. The third kappa shape index (κ3) is 2.91. The van der Waals surface area contributed by atoms with Crippen LogP contribution in [0.5, 0.6) is 0 Å². The van der Waals surface area contributed by atoms with Gasteiger partial charge in [-0.15, -0.1) is 0 Å². The minimum Gasteiger partial charge on any atom is -0.333 e. The lowest BCUT2D eigenvalue weighted by atomic mass is 10.0. The number of hydrogen-bond acceptors (Lipinski definition) is 4. The lowest BCUT2D eigenvalue weighted by Gasteiger charge is -2.20. The maximum absolute atomic E-state index is 11.7. The molecule has 1 rings (SSSR count). The number of nitrogens with zero attached hydrogens (tertiary/aromatic N) is 3. The Morgan fingerprint density at radius 3 is 2.88 bits per heavy atom. The number of nitrogens with one attached hydrogen (secondary N) is 1. The SMILES string of the molecule is CCC(C)(C#N)NC(=O)c1cncc(Cl)n1. The highest BCUT2D eigenvalue weighted by Crippen LogP contribution is 2.09. The van der Waals surface area contributed by atoms with Crippen LogP contribution in [0.15, 0.2) is 12.4 Å². The van der Waals surface area contributed by atoms with Gasteiger partial charge in [0.05, 0.1) is 18.5 Å². The zero-order chi connectivity index (χ0) is 12.2. The van der Waals surface area contributed by atoms with Gasteiger partial charge in [0.15, 0.2) is 0 Å². The van der Waals surface area contributed by atoms with E-state index in [2.05, 4.69) is 15.3 Å². The highest BCUT2D eigenvalue weighted by molar-refractivity contribution is 6.29. The molecule has 5 nitrogen and oxygen atoms in total. The number of carbonyl (C=O) groups excluding carboxylic acids is 1. The quantitative estimate of drug-likeness (QED) is 0.867. The fourth-order valence-electron chi connectivity index (χ4n) is 0.962. The van der Waals surface area contributed by atoms with Crippen LogP contribution in [0, 0.1) is 11.3 Å². The van der Waals surface area contributed by atoms with E-state index < -0.39 is 11.4 Å². The Morgan fingerprint density at radius 1 is 1.69 bits per heavy atom. The third-order valence-corrected chi connectivity index (χ3v) is 2.36. The predicted molar refractivity (Wildman–Crippen MR) is 58.8 cm³/mol. The monoisotopic (exact) mass is 238 g/mol. The first kappa shape index (κ1) is 12.4. The van der Waals surface area contributed by atoms with Crippen molar-refractivity contribution in [2.75, 3.05) is 0 Å². The van der Waals surface area contributed by atoms with Gasteiger partial charge in [0.2, 0.25) is 0 Å². The van der Waals surface area contributed by atoms with Gasteiger partial charge < -0.3 is 5.32 Å². The van der Waals surface area contributed by atoms with Gasteiger partial charge in [0.1, 0.15) is 16.4 Å². The third-order valence-electron chi connectivity index (χ3n) is 2.18. The van der Waals surface area contributed by atoms with Gasteiger partial charge >= 0.3 is 0 Å². The molecule has 1 heterocycles. The molecule has 0 fully saturated rings. The molecule has 1 N–H and O–H groups in total. The van der Waals surface area contributed by atoms with Gasteiger partial charge in [0.25, 0.3) is 5.91 Å². The Bertz CT molecular complexity index is 443. The molecule has 1 atom stereocenters. The molecule has 1 aromatic heterocycles. The van der Waals surface area contributed by atoms with E-state index in [4.69, 9.17) is 16.9 Å². The van der Waals surface area contributed by atoms with E-state index >= 15 is 0 Å². The summed E-state index contributed by atoms with van der Waals surface area (Å²) in [5, 5.41) is 11.6. The van der Waals surface area contributed by atoms with Crippen molar-refractivity contribution >= 4 is 17.5 Å². The van der Waals surface area contributed by atoms with Gasteiger partial charge in [0, 0.05) is 0 Å². The molecule has 6 heteroatoms. The number of nitriles is 1. The van der Waals surface area contributed by atoms with Crippen LogP contribution in [0.25, 0.3) is 0 Å². The highest BCUT2D eigenvalue weighted by atomic mass is 35.5. The van der Waals surface area contributed by atoms with E-state index in [9.17, 15) is 4.79 Å². The molecule has 0 saturated carbocycles. The smallest absolute Gasteiger partial charge is 0.272 e. The van der Waals surface area contributed by atoms with Gasteiger partial charge in [-0.3, -0.25) is 9.78 Å². The fourth-order valence-corrected chi connectivity index (χ4v) is 1.11. The van der Waals surface area contributed by atoms with Crippen LogP contribution < -0.4 is 5.32 Å². The standard InChI is InChI=1S/C10H11ClN4O/c1-3-10(2,6-12)15-9(16)7-4-13-5-8(11)14-7/h4-5H,3H2,1-2H3,(H,15,16). The van der Waals surface area contributed by atoms with Crippen LogP contribution in [0.3, 0.4) is 0 Å². The summed E-state index contributed by atoms with van der Waals surface area (Å²) in [7, 11) is 0. The second-order valence-corrected chi connectivity index (χ2v) is 3.87. The van der Waals surface area contributed by atoms with Crippen molar-refractivity contribution in [3.05, 3.63) is 23.2 Å². The first-order valence-corrected chi connectivity index (χ1v) is 5.10. The molecular weight excluding hydrogens is 228 g/mol. The summed E-state index contributed by atoms with van der Waals surface area (Å²) >= 11 is 5.61. The average Bonchev–Trinajstić information content (AvgIpc) is 2.29. The molecule has 16 heavy (non-hydrogen) atoms. The van der Waals surface area contributed by atoms with E-state index in [1.165, 1.54) is 12.4 Å². The molecule has 0 aliphatic rings. The number of rotatable bonds is 3. The van der Waals surface area contributed by atoms with Gasteiger partial charge in [-0.05, 0) is 13.3 Å². The van der Waals surface area contributed by atoms with Crippen molar-refractivity contribution in [1.29, 1.82) is 5.26 Å². The second kappa shape index (κ2) is 4.90. The summed E-state index contributed by atoms with van der Waals surface area (Å²) in [6, 6.07) is 2.03. The van der Waals surface area contributed by atoms with Crippen LogP contribution in [0.4, 0.5) is 0 Å². The topological polar surface area (TPSA) is 78.7 Å². The molecular formula is C10H11ClN4O. The summed E-state index contributed by atoms with van der Waals surface area (Å²) in [5.74, 6) is -0.457. The van der Waals surface area contributed by atoms with Crippen molar-refractivity contribution in [1.82, 2.24) is 15.3 Å². The summed E-state index contributed by atoms with van der Waals surface area (Å²) in [4.78, 5) is 19.3. The Labute approximate surface area is 98.5 Å². The van der Waals surface area contributed by atoms with E-state index in [0.29, 0.717) is 6.42 Å². The minimum atomic E-state index is -0.902. The first-order chi connectivity index (χ1) is 7.50. The van der Waals surface area contributed by atoms with Gasteiger partial charge in [-0.1, -0.05) is 18.5 Å². The number of carbonyl (C=O) groups is 1. The molecule has 0 bridgehead atoms. The molecule has 0 aliphatic heterocycles. The van der Waals surface area contributed by atoms with E-state index in [-0.39, 0.29) is 10.8 Å². The van der Waals surface area contributed by atoms with Crippen molar-refractivity contribution in [3.8, 4) is 6.07 Å². The summed E-state index contributed by atoms with van der Waals surface area (Å²) in [5.41, 5.74) is -0.802. The van der Waals surface area contributed by atoms with Gasteiger partial charge in [-0.25, -0.2) is 4.98 Å². The molecule has 0 aliphatic carbocycles. The van der Waals surface area contributed by atoms with Crippen LogP contribution in [-0.2, 0) is 0 Å². The summed E-state index contributed by atoms with van der Waals surface area (Å²) < 4.78 is 0. The Kier molecular flexibility index (Phi) is 3.80. The molecule has 0 saturated heterocycles. The molecule has 0 aromatic carbocycles. The van der Waals surface area contributed by atoms with Gasteiger partial charge in [-0.2, -0.15) is 5.26 Å². The van der Waals surface area contributed by atoms with Crippen LogP contribution in [0.1, 0.15) is 30.8 Å². The molecule has 0 spiro atoms. The molecule has 1 unspecified atom stereocenters. The van der Waals surface area contributed by atoms with E-state index in [1.54, 1.807) is 6.92 Å². The normalized spacial score (nSPS) is 13.6. The Balaban J connectivity index is 2.85. The molecule has 1 amide bonds. The maximum Gasteiger partial charge on any atom is 0.272 e. The zero-order valence-electron chi connectivity index (χ0n) is 8.99. The molecule has 0 radical (unpaired) electrons. The average molecular weight is 239 g/mol. The predicted octanol–water partition coefficient (Wildman–Crippen LogP) is 1.55. The summed E-state index contributed by atoms with van der Waals surface area (Å²) in [6.07, 6.45) is 3.14. The lowest BCUT2D eigenvalue weighted by molar-refractivity contribution is 0.0917. The van der Waals surface area contributed by atoms with E-state index in [0.717, 1.165) is 0 Å². The second-order valence-electron chi connectivity index (χ2n) is 3.48. The molecule has 1 aromatic rings. The number of aromatic nitrogens is 2. The van der Waals surface area contributed by atoms with Crippen molar-refractivity contribution in [3.63, 3.8) is 0 Å². The van der Waals surface area contributed by atoms with E-state index in [1.807, 2.05) is 13.0 Å². The molecule has 84 valence electrons. The minimum absolute atomic E-state index is 0.0995. The van der Waals surface area contributed by atoms with Crippen LogP contribution >= 0.6 is 11.6 Å². The van der Waals surface area contributed by atoms with Crippen LogP contribution in [-0.4, -0.2) is 21.4 Å². The largest absolute Gasteiger partial charge is 0.333 e. The van der Waals surface area contributed by atoms with Crippen molar-refractivity contribution in [2.24, 2.45) is 0 Å². The van der Waals surface area contributed by atoms with Crippen LogP contribution in [0.2, 0.25) is 5.15 Å². The Morgan fingerprint density at radius 2 is 2.38 bits per heavy atom. The number of amides is 1. The lowest BCUT2D eigenvalue weighted by Crippen LogP contribution is -2.44. The van der Waals surface area contributed by atoms with Crippen molar-refractivity contribution in [2.45, 2.75) is 25.8 Å². The highest BCUT2D eigenvalue weighted by Gasteiger charge is 2.24. The fraction of sp³-hybridized carbons (Fsp3) is 0.400. The summed E-state index contributed by atoms with van der Waals surface area (Å²) in [6.45, 7) is 3.45. The number of hydrogen-bond donors (Lipinski definition) is 1.